The summed E-state index contributed by atoms with van der Waals surface area (Å²) in [5.74, 6) is 0.00905. The molecule has 1 unspecified atom stereocenters. The summed E-state index contributed by atoms with van der Waals surface area (Å²) in [6.45, 7) is 2.74. The van der Waals surface area contributed by atoms with Gasteiger partial charge in [-0.25, -0.2) is 0 Å². The summed E-state index contributed by atoms with van der Waals surface area (Å²) < 4.78 is 0. The van der Waals surface area contributed by atoms with Crippen LogP contribution in [-0.4, -0.2) is 34.3 Å². The number of aromatic nitrogens is 1. The second-order valence-corrected chi connectivity index (χ2v) is 4.31. The van der Waals surface area contributed by atoms with Crippen molar-refractivity contribution in [2.45, 2.75) is 26.2 Å². The average Bonchev–Trinajstić information content (AvgIpc) is 2.36. The van der Waals surface area contributed by atoms with Crippen LogP contribution in [0, 0.1) is 5.92 Å². The lowest BCUT2D eigenvalue weighted by Crippen LogP contribution is -2.29. The lowest BCUT2D eigenvalue weighted by molar-refractivity contribution is 0.0942. The van der Waals surface area contributed by atoms with Crippen molar-refractivity contribution in [2.24, 2.45) is 5.92 Å². The molecule has 100 valence electrons. The average molecular weight is 252 g/mol. The molecular formula is C13H20N2O3. The Morgan fingerprint density at radius 1 is 1.44 bits per heavy atom. The zero-order valence-electron chi connectivity index (χ0n) is 10.6. The number of carbonyl (C=O) groups is 1. The lowest BCUT2D eigenvalue weighted by atomic mass is 10.0. The van der Waals surface area contributed by atoms with Gasteiger partial charge < -0.3 is 15.5 Å². The van der Waals surface area contributed by atoms with E-state index in [4.69, 9.17) is 5.11 Å². The number of hydrogen-bond donors (Lipinski definition) is 3. The van der Waals surface area contributed by atoms with E-state index in [9.17, 15) is 9.90 Å². The largest absolute Gasteiger partial charge is 0.506 e. The number of amides is 1. The van der Waals surface area contributed by atoms with Gasteiger partial charge in [0.15, 0.2) is 0 Å². The van der Waals surface area contributed by atoms with Crippen LogP contribution in [0.15, 0.2) is 18.5 Å². The second-order valence-electron chi connectivity index (χ2n) is 4.31. The molecule has 0 aliphatic rings. The maximum atomic E-state index is 11.8. The van der Waals surface area contributed by atoms with Crippen molar-refractivity contribution in [3.8, 4) is 5.75 Å². The fraction of sp³-hybridized carbons (Fsp3) is 0.538. The van der Waals surface area contributed by atoms with Crippen LogP contribution in [-0.2, 0) is 0 Å². The Morgan fingerprint density at radius 2 is 2.22 bits per heavy atom. The molecule has 0 saturated carbocycles. The predicted octanol–water partition coefficient (Wildman–Crippen LogP) is 1.32. The minimum atomic E-state index is -0.252. The summed E-state index contributed by atoms with van der Waals surface area (Å²) in [5, 5.41) is 21.0. The third-order valence-electron chi connectivity index (χ3n) is 2.77. The van der Waals surface area contributed by atoms with Gasteiger partial charge in [-0.1, -0.05) is 13.3 Å². The van der Waals surface area contributed by atoms with Crippen molar-refractivity contribution >= 4 is 5.91 Å². The molecule has 0 spiro atoms. The molecule has 1 heterocycles. The Balaban J connectivity index is 2.49. The van der Waals surface area contributed by atoms with Gasteiger partial charge in [0.1, 0.15) is 5.75 Å². The van der Waals surface area contributed by atoms with Gasteiger partial charge in [0.2, 0.25) is 0 Å². The Kier molecular flexibility index (Phi) is 6.14. The van der Waals surface area contributed by atoms with Crippen LogP contribution in [0.2, 0.25) is 0 Å². The molecule has 5 heteroatoms. The maximum absolute atomic E-state index is 11.8. The third kappa shape index (κ3) is 4.71. The molecule has 0 bridgehead atoms. The summed E-state index contributed by atoms with van der Waals surface area (Å²) in [5.41, 5.74) is 0.342. The summed E-state index contributed by atoms with van der Waals surface area (Å²) in [4.78, 5) is 15.5. The normalized spacial score (nSPS) is 12.1. The number of nitrogens with zero attached hydrogens (tertiary/aromatic N) is 1. The molecule has 0 saturated heterocycles. The molecule has 1 amide bonds. The van der Waals surface area contributed by atoms with Crippen LogP contribution in [0.5, 0.6) is 5.75 Å². The quantitative estimate of drug-likeness (QED) is 0.683. The van der Waals surface area contributed by atoms with Crippen molar-refractivity contribution in [2.75, 3.05) is 13.2 Å². The molecule has 1 rings (SSSR count). The van der Waals surface area contributed by atoms with E-state index in [0.29, 0.717) is 18.5 Å². The zero-order chi connectivity index (χ0) is 13.4. The Morgan fingerprint density at radius 3 is 2.83 bits per heavy atom. The lowest BCUT2D eigenvalue weighted by Gasteiger charge is -2.15. The molecule has 3 N–H and O–H groups in total. The summed E-state index contributed by atoms with van der Waals surface area (Å²) in [6, 6.07) is 1.38. The predicted molar refractivity (Wildman–Crippen MR) is 68.3 cm³/mol. The number of rotatable bonds is 7. The van der Waals surface area contributed by atoms with Crippen molar-refractivity contribution in [3.63, 3.8) is 0 Å². The van der Waals surface area contributed by atoms with E-state index in [1.165, 1.54) is 18.5 Å². The fourth-order valence-corrected chi connectivity index (χ4v) is 1.83. The molecule has 5 nitrogen and oxygen atoms in total. The Bertz CT molecular complexity index is 376. The fourth-order valence-electron chi connectivity index (χ4n) is 1.83. The van der Waals surface area contributed by atoms with Crippen LogP contribution >= 0.6 is 0 Å². The standard InChI is InChI=1S/C13H20N2O3/c1-2-3-10(4-5-16)7-15-13(18)11-6-12(17)9-14-8-11/h6,8-10,16-17H,2-5,7H2,1H3,(H,15,18). The van der Waals surface area contributed by atoms with Crippen LogP contribution in [0.4, 0.5) is 0 Å². The van der Waals surface area contributed by atoms with E-state index in [-0.39, 0.29) is 24.2 Å². The Labute approximate surface area is 107 Å². The number of aromatic hydroxyl groups is 1. The van der Waals surface area contributed by atoms with Gasteiger partial charge in [0.05, 0.1) is 11.8 Å². The molecule has 18 heavy (non-hydrogen) atoms. The van der Waals surface area contributed by atoms with Crippen LogP contribution in [0.25, 0.3) is 0 Å². The van der Waals surface area contributed by atoms with E-state index in [0.717, 1.165) is 12.8 Å². The maximum Gasteiger partial charge on any atom is 0.252 e. The van der Waals surface area contributed by atoms with E-state index in [2.05, 4.69) is 17.2 Å². The molecule has 1 aromatic rings. The van der Waals surface area contributed by atoms with Crippen molar-refractivity contribution < 1.29 is 15.0 Å². The molecule has 0 fully saturated rings. The molecule has 1 aromatic heterocycles. The molecule has 0 radical (unpaired) electrons. The van der Waals surface area contributed by atoms with E-state index < -0.39 is 0 Å². The molecular weight excluding hydrogens is 232 g/mol. The Hall–Kier alpha value is -1.62. The summed E-state index contributed by atoms with van der Waals surface area (Å²) >= 11 is 0. The first-order valence-corrected chi connectivity index (χ1v) is 6.20. The number of carbonyl (C=O) groups excluding carboxylic acids is 1. The third-order valence-corrected chi connectivity index (χ3v) is 2.77. The monoisotopic (exact) mass is 252 g/mol. The van der Waals surface area contributed by atoms with Crippen molar-refractivity contribution in [1.29, 1.82) is 0 Å². The molecule has 0 aliphatic carbocycles. The smallest absolute Gasteiger partial charge is 0.252 e. The van der Waals surface area contributed by atoms with E-state index >= 15 is 0 Å². The molecule has 0 aromatic carbocycles. The van der Waals surface area contributed by atoms with Crippen LogP contribution in [0.3, 0.4) is 0 Å². The highest BCUT2D eigenvalue weighted by Gasteiger charge is 2.11. The van der Waals surface area contributed by atoms with Crippen LogP contribution < -0.4 is 5.32 Å². The van der Waals surface area contributed by atoms with Crippen molar-refractivity contribution in [1.82, 2.24) is 10.3 Å². The van der Waals surface area contributed by atoms with Gasteiger partial charge >= 0.3 is 0 Å². The van der Waals surface area contributed by atoms with Gasteiger partial charge in [-0.3, -0.25) is 9.78 Å². The SMILES string of the molecule is CCCC(CCO)CNC(=O)c1cncc(O)c1. The number of nitrogens with one attached hydrogen (secondary N) is 1. The van der Waals surface area contributed by atoms with Gasteiger partial charge in [0, 0.05) is 19.3 Å². The zero-order valence-corrected chi connectivity index (χ0v) is 10.6. The van der Waals surface area contributed by atoms with Crippen molar-refractivity contribution in [3.05, 3.63) is 24.0 Å². The first-order valence-electron chi connectivity index (χ1n) is 6.20. The number of pyridine rings is 1. The minimum absolute atomic E-state index is 0.0249. The number of aliphatic hydroxyl groups excluding tert-OH is 1. The number of aliphatic hydroxyl groups is 1. The second kappa shape index (κ2) is 7.66. The topological polar surface area (TPSA) is 82.5 Å². The highest BCUT2D eigenvalue weighted by Crippen LogP contribution is 2.11. The van der Waals surface area contributed by atoms with Gasteiger partial charge in [0.25, 0.3) is 5.91 Å². The highest BCUT2D eigenvalue weighted by molar-refractivity contribution is 5.94. The first-order chi connectivity index (χ1) is 8.67. The number of hydrogen-bond acceptors (Lipinski definition) is 4. The summed E-state index contributed by atoms with van der Waals surface area (Å²) in [6.07, 6.45) is 5.37. The molecule has 1 atom stereocenters. The van der Waals surface area contributed by atoms with E-state index in [1.54, 1.807) is 0 Å². The van der Waals surface area contributed by atoms with Gasteiger partial charge in [-0.15, -0.1) is 0 Å². The van der Waals surface area contributed by atoms with Gasteiger partial charge in [-0.05, 0) is 24.8 Å². The summed E-state index contributed by atoms with van der Waals surface area (Å²) in [7, 11) is 0. The van der Waals surface area contributed by atoms with Crippen LogP contribution in [0.1, 0.15) is 36.5 Å². The minimum Gasteiger partial charge on any atom is -0.506 e. The van der Waals surface area contributed by atoms with Gasteiger partial charge in [-0.2, -0.15) is 0 Å². The first kappa shape index (κ1) is 14.4. The molecule has 0 aliphatic heterocycles. The van der Waals surface area contributed by atoms with E-state index in [1.807, 2.05) is 0 Å². The highest BCUT2D eigenvalue weighted by atomic mass is 16.3.